The molecule has 0 aliphatic carbocycles. The second-order valence-electron chi connectivity index (χ2n) is 3.27. The molecule has 0 spiro atoms. The highest BCUT2D eigenvalue weighted by atomic mass is 16.3. The Hall–Kier alpha value is -2.21. The molecule has 16 heavy (non-hydrogen) atoms. The van der Waals surface area contributed by atoms with Gasteiger partial charge >= 0.3 is 0 Å². The smallest absolute Gasteiger partial charge is 0.272 e. The number of nitrogens with one attached hydrogen (secondary N) is 1. The molecule has 1 aromatic heterocycles. The van der Waals surface area contributed by atoms with Gasteiger partial charge in [0.05, 0.1) is 5.56 Å². The number of nitrogens with two attached hydrogens (primary N) is 1. The van der Waals surface area contributed by atoms with Gasteiger partial charge in [-0.15, -0.1) is 0 Å². The zero-order valence-electron chi connectivity index (χ0n) is 8.34. The van der Waals surface area contributed by atoms with Crippen LogP contribution < -0.4 is 11.3 Å². The number of rotatable bonds is 2. The number of benzene rings is 1. The number of aromatic hydroxyl groups is 2. The molecule has 0 radical (unpaired) electrons. The highest BCUT2D eigenvalue weighted by Gasteiger charge is 2.15. The van der Waals surface area contributed by atoms with E-state index in [1.54, 1.807) is 18.2 Å². The van der Waals surface area contributed by atoms with E-state index in [-0.39, 0.29) is 29.4 Å². The number of phenolic OH excluding ortho intramolecular Hbond substituents is 1. The van der Waals surface area contributed by atoms with Gasteiger partial charge in [0.1, 0.15) is 11.4 Å². The van der Waals surface area contributed by atoms with E-state index in [2.05, 4.69) is 5.10 Å². The van der Waals surface area contributed by atoms with Crippen molar-refractivity contribution < 1.29 is 10.2 Å². The topological polar surface area (TPSA) is 104 Å². The number of phenols is 1. The van der Waals surface area contributed by atoms with Gasteiger partial charge in [0.25, 0.3) is 5.56 Å². The summed E-state index contributed by atoms with van der Waals surface area (Å²) in [4.78, 5) is 11.4. The number of aromatic nitrogens is 2. The van der Waals surface area contributed by atoms with E-state index >= 15 is 0 Å². The summed E-state index contributed by atoms with van der Waals surface area (Å²) in [5.74, 6) is -0.332. The minimum Gasteiger partial charge on any atom is -0.506 e. The summed E-state index contributed by atoms with van der Waals surface area (Å²) in [5.41, 5.74) is 5.23. The van der Waals surface area contributed by atoms with Crippen molar-refractivity contribution in [2.75, 3.05) is 0 Å². The Morgan fingerprint density at radius 3 is 2.56 bits per heavy atom. The number of hydrogen-bond donors (Lipinski definition) is 4. The predicted molar refractivity (Wildman–Crippen MR) is 57.6 cm³/mol. The maximum atomic E-state index is 11.4. The Kier molecular flexibility index (Phi) is 2.41. The van der Waals surface area contributed by atoms with E-state index in [0.717, 1.165) is 4.68 Å². The lowest BCUT2D eigenvalue weighted by atomic mass is 10.3. The quantitative estimate of drug-likeness (QED) is 0.574. The van der Waals surface area contributed by atoms with Crippen molar-refractivity contribution in [2.45, 2.75) is 6.54 Å². The van der Waals surface area contributed by atoms with Gasteiger partial charge < -0.3 is 15.9 Å². The Morgan fingerprint density at radius 2 is 2.00 bits per heavy atom. The van der Waals surface area contributed by atoms with E-state index < -0.39 is 5.56 Å². The lowest BCUT2D eigenvalue weighted by Crippen LogP contribution is -2.10. The summed E-state index contributed by atoms with van der Waals surface area (Å²) >= 11 is 0. The fourth-order valence-electron chi connectivity index (χ4n) is 1.47. The van der Waals surface area contributed by atoms with E-state index in [1.807, 2.05) is 0 Å². The van der Waals surface area contributed by atoms with Gasteiger partial charge in [-0.05, 0) is 12.1 Å². The Morgan fingerprint density at radius 1 is 1.31 bits per heavy atom. The largest absolute Gasteiger partial charge is 0.506 e. The standard InChI is InChI=1S/C10H11N3O3/c11-5-6-9(15)12-13(10(6)16)7-3-1-2-4-8(7)14/h1-4,14,16H,5,11H2,(H,12,15). The second kappa shape index (κ2) is 3.74. The first-order chi connectivity index (χ1) is 7.65. The lowest BCUT2D eigenvalue weighted by molar-refractivity contribution is 0.420. The van der Waals surface area contributed by atoms with E-state index in [0.29, 0.717) is 0 Å². The van der Waals surface area contributed by atoms with E-state index in [4.69, 9.17) is 5.73 Å². The SMILES string of the molecule is NCc1c(O)n(-c2ccccc2O)[nH]c1=O. The van der Waals surface area contributed by atoms with Crippen LogP contribution in [0.5, 0.6) is 11.6 Å². The zero-order valence-corrected chi connectivity index (χ0v) is 8.34. The van der Waals surface area contributed by atoms with Crippen molar-refractivity contribution >= 4 is 0 Å². The molecule has 84 valence electrons. The van der Waals surface area contributed by atoms with Crippen molar-refractivity contribution in [1.82, 2.24) is 9.78 Å². The molecule has 6 nitrogen and oxygen atoms in total. The first-order valence-electron chi connectivity index (χ1n) is 4.66. The average molecular weight is 221 g/mol. The van der Waals surface area contributed by atoms with Crippen molar-refractivity contribution in [3.05, 3.63) is 40.2 Å². The first kappa shape index (κ1) is 10.3. The third kappa shape index (κ3) is 1.45. The minimum atomic E-state index is -0.469. The van der Waals surface area contributed by atoms with Crippen molar-refractivity contribution in [3.63, 3.8) is 0 Å². The van der Waals surface area contributed by atoms with Crippen LogP contribution in [0.25, 0.3) is 5.69 Å². The molecular weight excluding hydrogens is 210 g/mol. The summed E-state index contributed by atoms with van der Waals surface area (Å²) < 4.78 is 1.10. The van der Waals surface area contributed by atoms with E-state index in [1.165, 1.54) is 6.07 Å². The fourth-order valence-corrected chi connectivity index (χ4v) is 1.47. The number of aromatic amines is 1. The third-order valence-corrected chi connectivity index (χ3v) is 2.30. The molecule has 1 aromatic carbocycles. The molecule has 0 bridgehead atoms. The minimum absolute atomic E-state index is 0.0485. The van der Waals surface area contributed by atoms with Crippen LogP contribution in [0.3, 0.4) is 0 Å². The van der Waals surface area contributed by atoms with Crippen molar-refractivity contribution in [1.29, 1.82) is 0 Å². The van der Waals surface area contributed by atoms with Crippen LogP contribution >= 0.6 is 0 Å². The summed E-state index contributed by atoms with van der Waals surface area (Å²) in [6.07, 6.45) is 0. The maximum absolute atomic E-state index is 11.4. The second-order valence-corrected chi connectivity index (χ2v) is 3.27. The van der Waals surface area contributed by atoms with Gasteiger partial charge in [0.15, 0.2) is 0 Å². The maximum Gasteiger partial charge on any atom is 0.272 e. The third-order valence-electron chi connectivity index (χ3n) is 2.30. The molecule has 1 heterocycles. The van der Waals surface area contributed by atoms with Crippen molar-refractivity contribution in [3.8, 4) is 17.3 Å². The van der Waals surface area contributed by atoms with Crippen LogP contribution in [0.15, 0.2) is 29.1 Å². The van der Waals surface area contributed by atoms with Crippen LogP contribution in [0, 0.1) is 0 Å². The normalized spacial score (nSPS) is 10.6. The summed E-state index contributed by atoms with van der Waals surface area (Å²) in [6, 6.07) is 6.33. The zero-order chi connectivity index (χ0) is 11.7. The summed E-state index contributed by atoms with van der Waals surface area (Å²) in [6.45, 7) is -0.0677. The molecule has 0 saturated heterocycles. The van der Waals surface area contributed by atoms with Gasteiger partial charge in [0.2, 0.25) is 5.88 Å². The Labute approximate surface area is 90.6 Å². The molecule has 0 atom stereocenters. The molecular formula is C10H11N3O3. The van der Waals surface area contributed by atoms with Gasteiger partial charge in [-0.25, -0.2) is 4.68 Å². The Balaban J connectivity index is 2.66. The van der Waals surface area contributed by atoms with Crippen molar-refractivity contribution in [2.24, 2.45) is 5.73 Å². The molecule has 2 rings (SSSR count). The predicted octanol–water partition coefficient (Wildman–Crippen LogP) is 0.0355. The molecule has 0 aliphatic heterocycles. The van der Waals surface area contributed by atoms with Gasteiger partial charge in [-0.3, -0.25) is 9.89 Å². The first-order valence-corrected chi connectivity index (χ1v) is 4.66. The number of para-hydroxylation sites is 2. The van der Waals surface area contributed by atoms with Gasteiger partial charge in [0, 0.05) is 6.54 Å². The molecule has 0 unspecified atom stereocenters. The number of hydrogen-bond acceptors (Lipinski definition) is 4. The number of nitrogens with zero attached hydrogens (tertiary/aromatic N) is 1. The molecule has 0 aliphatic rings. The molecule has 5 N–H and O–H groups in total. The molecule has 6 heteroatoms. The fraction of sp³-hybridized carbons (Fsp3) is 0.100. The van der Waals surface area contributed by atoms with Crippen LogP contribution in [0.4, 0.5) is 0 Å². The van der Waals surface area contributed by atoms with Crippen LogP contribution in [-0.2, 0) is 6.54 Å². The summed E-state index contributed by atoms with van der Waals surface area (Å²) in [5, 5.41) is 21.7. The van der Waals surface area contributed by atoms with Gasteiger partial charge in [-0.2, -0.15) is 0 Å². The van der Waals surface area contributed by atoms with Gasteiger partial charge in [-0.1, -0.05) is 12.1 Å². The average Bonchev–Trinajstić information content (AvgIpc) is 2.55. The van der Waals surface area contributed by atoms with Crippen LogP contribution in [0.1, 0.15) is 5.56 Å². The highest BCUT2D eigenvalue weighted by molar-refractivity contribution is 5.47. The molecule has 0 amide bonds. The Bertz CT molecular complexity index is 571. The number of H-pyrrole nitrogens is 1. The lowest BCUT2D eigenvalue weighted by Gasteiger charge is -2.06. The molecule has 0 saturated carbocycles. The van der Waals surface area contributed by atoms with Crippen LogP contribution in [-0.4, -0.2) is 20.0 Å². The monoisotopic (exact) mass is 221 g/mol. The molecule has 0 fully saturated rings. The highest BCUT2D eigenvalue weighted by Crippen LogP contribution is 2.24. The van der Waals surface area contributed by atoms with E-state index in [9.17, 15) is 15.0 Å². The molecule has 2 aromatic rings. The van der Waals surface area contributed by atoms with Crippen LogP contribution in [0.2, 0.25) is 0 Å². The summed E-state index contributed by atoms with van der Waals surface area (Å²) in [7, 11) is 0.